The summed E-state index contributed by atoms with van der Waals surface area (Å²) in [6.07, 6.45) is 2.16. The van der Waals surface area contributed by atoms with Crippen LogP contribution in [0.4, 0.5) is 10.2 Å². The predicted molar refractivity (Wildman–Crippen MR) is 115 cm³/mol. The van der Waals surface area contributed by atoms with Crippen molar-refractivity contribution >= 4 is 16.7 Å². The Kier molecular flexibility index (Phi) is 5.17. The Morgan fingerprint density at radius 1 is 1.21 bits per heavy atom. The van der Waals surface area contributed by atoms with E-state index >= 15 is 0 Å². The summed E-state index contributed by atoms with van der Waals surface area (Å²) in [5.41, 5.74) is 3.97. The zero-order valence-electron chi connectivity index (χ0n) is 17.0. The van der Waals surface area contributed by atoms with Gasteiger partial charge in [-0.05, 0) is 66.6 Å². The van der Waals surface area contributed by atoms with Crippen LogP contribution in [0.25, 0.3) is 22.0 Å². The third-order valence-electron chi connectivity index (χ3n) is 5.94. The molecule has 4 rings (SSSR count). The normalized spacial score (nSPS) is 19.8. The van der Waals surface area contributed by atoms with E-state index in [1.807, 2.05) is 19.1 Å². The quantitative estimate of drug-likeness (QED) is 0.545. The number of phenols is 1. The average Bonchev–Trinajstić information content (AvgIpc) is 2.67. The Morgan fingerprint density at radius 2 is 1.97 bits per heavy atom. The molecule has 29 heavy (non-hydrogen) atoms. The number of aliphatic hydroxyl groups is 1. The van der Waals surface area contributed by atoms with Gasteiger partial charge in [-0.2, -0.15) is 0 Å². The van der Waals surface area contributed by atoms with Crippen LogP contribution < -0.4 is 5.32 Å². The fourth-order valence-corrected chi connectivity index (χ4v) is 4.27. The minimum Gasteiger partial charge on any atom is -0.508 e. The molecule has 4 nitrogen and oxygen atoms in total. The second-order valence-corrected chi connectivity index (χ2v) is 8.42. The first kappa shape index (κ1) is 19.6. The molecule has 152 valence electrons. The molecule has 0 saturated heterocycles. The number of nitrogens with one attached hydrogen (secondary N) is 1. The van der Waals surface area contributed by atoms with Gasteiger partial charge in [0.15, 0.2) is 0 Å². The van der Waals surface area contributed by atoms with Crippen molar-refractivity contribution in [2.75, 3.05) is 11.9 Å². The maximum absolute atomic E-state index is 14.0. The molecule has 0 bridgehead atoms. The van der Waals surface area contributed by atoms with Crippen LogP contribution in [0, 0.1) is 18.7 Å². The zero-order valence-corrected chi connectivity index (χ0v) is 17.0. The van der Waals surface area contributed by atoms with Gasteiger partial charge in [0.1, 0.15) is 17.4 Å². The SMILES string of the molecule is Cc1cc(-c2c(C(C)CO)c(NC3CC(C)C3)nc3cc(O)ccc23)ccc1F. The Morgan fingerprint density at radius 3 is 2.62 bits per heavy atom. The van der Waals surface area contributed by atoms with Crippen molar-refractivity contribution in [3.8, 4) is 16.9 Å². The molecule has 0 aliphatic heterocycles. The van der Waals surface area contributed by atoms with E-state index in [0.717, 1.165) is 40.7 Å². The lowest BCUT2D eigenvalue weighted by molar-refractivity contribution is 0.273. The van der Waals surface area contributed by atoms with Crippen molar-refractivity contribution in [2.24, 2.45) is 5.92 Å². The van der Waals surface area contributed by atoms with Gasteiger partial charge in [0.25, 0.3) is 0 Å². The fourth-order valence-electron chi connectivity index (χ4n) is 4.27. The molecule has 0 spiro atoms. The van der Waals surface area contributed by atoms with Crippen molar-refractivity contribution in [1.29, 1.82) is 0 Å². The van der Waals surface area contributed by atoms with E-state index in [4.69, 9.17) is 4.98 Å². The molecule has 1 unspecified atom stereocenters. The van der Waals surface area contributed by atoms with Crippen LogP contribution in [0.1, 0.15) is 43.7 Å². The van der Waals surface area contributed by atoms with Gasteiger partial charge in [0.05, 0.1) is 5.52 Å². The summed E-state index contributed by atoms with van der Waals surface area (Å²) in [5.74, 6) is 1.18. The number of halogens is 1. The van der Waals surface area contributed by atoms with Gasteiger partial charge in [-0.15, -0.1) is 0 Å². The van der Waals surface area contributed by atoms with Gasteiger partial charge >= 0.3 is 0 Å². The van der Waals surface area contributed by atoms with E-state index in [1.54, 1.807) is 25.1 Å². The van der Waals surface area contributed by atoms with Crippen molar-refractivity contribution in [3.63, 3.8) is 0 Å². The lowest BCUT2D eigenvalue weighted by atomic mass is 9.81. The summed E-state index contributed by atoms with van der Waals surface area (Å²) >= 11 is 0. The van der Waals surface area contributed by atoms with Gasteiger partial charge in [0, 0.05) is 35.6 Å². The maximum Gasteiger partial charge on any atom is 0.131 e. The summed E-state index contributed by atoms with van der Waals surface area (Å²) in [7, 11) is 0. The van der Waals surface area contributed by atoms with Crippen molar-refractivity contribution in [3.05, 3.63) is 53.3 Å². The number of rotatable bonds is 5. The van der Waals surface area contributed by atoms with E-state index in [1.165, 1.54) is 6.07 Å². The number of hydrogen-bond acceptors (Lipinski definition) is 4. The molecule has 1 atom stereocenters. The molecule has 1 heterocycles. The van der Waals surface area contributed by atoms with Crippen LogP contribution in [-0.4, -0.2) is 27.8 Å². The maximum atomic E-state index is 14.0. The van der Waals surface area contributed by atoms with Crippen molar-refractivity contribution < 1.29 is 14.6 Å². The van der Waals surface area contributed by atoms with E-state index in [9.17, 15) is 14.6 Å². The Balaban J connectivity index is 1.99. The van der Waals surface area contributed by atoms with Crippen LogP contribution in [0.5, 0.6) is 5.75 Å². The van der Waals surface area contributed by atoms with Crippen molar-refractivity contribution in [1.82, 2.24) is 4.98 Å². The molecule has 1 aromatic heterocycles. The smallest absolute Gasteiger partial charge is 0.131 e. The highest BCUT2D eigenvalue weighted by Gasteiger charge is 2.28. The summed E-state index contributed by atoms with van der Waals surface area (Å²) < 4.78 is 14.0. The van der Waals surface area contributed by atoms with Gasteiger partial charge in [-0.3, -0.25) is 0 Å². The molecule has 1 saturated carbocycles. The first-order valence-corrected chi connectivity index (χ1v) is 10.2. The first-order chi connectivity index (χ1) is 13.9. The predicted octanol–water partition coefficient (Wildman–Crippen LogP) is 5.36. The minimum absolute atomic E-state index is 0.0196. The molecular formula is C24H27FN2O2. The van der Waals surface area contributed by atoms with Crippen LogP contribution in [0.15, 0.2) is 36.4 Å². The highest BCUT2D eigenvalue weighted by molar-refractivity contribution is 5.99. The molecule has 1 aliphatic carbocycles. The topological polar surface area (TPSA) is 65.4 Å². The van der Waals surface area contributed by atoms with Gasteiger partial charge in [-0.25, -0.2) is 9.37 Å². The van der Waals surface area contributed by atoms with Crippen LogP contribution >= 0.6 is 0 Å². The zero-order chi connectivity index (χ0) is 20.7. The van der Waals surface area contributed by atoms with E-state index in [2.05, 4.69) is 12.2 Å². The van der Waals surface area contributed by atoms with Crippen LogP contribution in [0.2, 0.25) is 0 Å². The molecule has 2 aromatic carbocycles. The van der Waals surface area contributed by atoms with Gasteiger partial charge in [0.2, 0.25) is 0 Å². The number of anilines is 1. The number of aryl methyl sites for hydroxylation is 1. The number of nitrogens with zero attached hydrogens (tertiary/aromatic N) is 1. The Labute approximate surface area is 170 Å². The minimum atomic E-state index is -0.247. The summed E-state index contributed by atoms with van der Waals surface area (Å²) in [6, 6.07) is 10.6. The highest BCUT2D eigenvalue weighted by Crippen LogP contribution is 2.42. The monoisotopic (exact) mass is 394 g/mol. The lowest BCUT2D eigenvalue weighted by Crippen LogP contribution is -2.34. The molecule has 0 amide bonds. The second kappa shape index (κ2) is 7.64. The second-order valence-electron chi connectivity index (χ2n) is 8.42. The van der Waals surface area contributed by atoms with Crippen molar-refractivity contribution in [2.45, 2.75) is 45.6 Å². The number of hydrogen-bond donors (Lipinski definition) is 3. The van der Waals surface area contributed by atoms with E-state index in [0.29, 0.717) is 23.0 Å². The molecular weight excluding hydrogens is 367 g/mol. The standard InChI is InChI=1S/C24H27FN2O2/c1-13-8-17(9-13)26-24-22(15(3)12-28)23(16-4-7-20(25)14(2)10-16)19-6-5-18(29)11-21(19)27-24/h4-7,10-11,13,15,17,28-29H,8-9,12H2,1-3H3,(H,26,27). The number of benzene rings is 2. The summed E-state index contributed by atoms with van der Waals surface area (Å²) in [4.78, 5) is 4.82. The Bertz CT molecular complexity index is 1060. The Hall–Kier alpha value is -2.66. The van der Waals surface area contributed by atoms with Crippen LogP contribution in [0.3, 0.4) is 0 Å². The first-order valence-electron chi connectivity index (χ1n) is 10.2. The van der Waals surface area contributed by atoms with E-state index < -0.39 is 0 Å². The van der Waals surface area contributed by atoms with Gasteiger partial charge in [-0.1, -0.05) is 19.9 Å². The number of phenolic OH excluding ortho intramolecular Hbond substituents is 1. The largest absolute Gasteiger partial charge is 0.508 e. The van der Waals surface area contributed by atoms with Gasteiger partial charge < -0.3 is 15.5 Å². The van der Waals surface area contributed by atoms with E-state index in [-0.39, 0.29) is 24.1 Å². The molecule has 1 aliphatic rings. The fraction of sp³-hybridized carbons (Fsp3) is 0.375. The van der Waals surface area contributed by atoms with Crippen LogP contribution in [-0.2, 0) is 0 Å². The lowest BCUT2D eigenvalue weighted by Gasteiger charge is -2.35. The number of aliphatic hydroxyl groups excluding tert-OH is 1. The number of pyridine rings is 1. The highest BCUT2D eigenvalue weighted by atomic mass is 19.1. The third-order valence-corrected chi connectivity index (χ3v) is 5.94. The number of aromatic hydroxyl groups is 1. The number of aromatic nitrogens is 1. The molecule has 5 heteroatoms. The average molecular weight is 394 g/mol. The third kappa shape index (κ3) is 3.67. The summed E-state index contributed by atoms with van der Waals surface area (Å²) in [6.45, 7) is 5.93. The molecule has 3 N–H and O–H groups in total. The molecule has 1 fully saturated rings. The molecule has 0 radical (unpaired) electrons. The summed E-state index contributed by atoms with van der Waals surface area (Å²) in [5, 5.41) is 24.4. The molecule has 3 aromatic rings. The number of fused-ring (bicyclic) bond motifs is 1.